The molecule has 2 aromatic carbocycles. The Kier molecular flexibility index (Phi) is 3.33. The summed E-state index contributed by atoms with van der Waals surface area (Å²) >= 11 is 0. The molecule has 0 aliphatic rings. The number of nitrogens with zero attached hydrogens (tertiary/aromatic N) is 2. The van der Waals surface area contributed by atoms with Crippen molar-refractivity contribution in [2.45, 2.75) is 6.42 Å². The molecule has 0 saturated carbocycles. The smallest absolute Gasteiger partial charge is 0.258 e. The average Bonchev–Trinajstić information content (AvgIpc) is 2.97. The Morgan fingerprint density at radius 2 is 1.90 bits per heavy atom. The van der Waals surface area contributed by atoms with Crippen LogP contribution in [0, 0.1) is 0 Å². The molecule has 0 atom stereocenters. The van der Waals surface area contributed by atoms with Crippen LogP contribution in [-0.4, -0.2) is 20.5 Å². The second-order valence-corrected chi connectivity index (χ2v) is 4.33. The average molecular weight is 267 g/mol. The topological polar surface area (TPSA) is 71.0 Å². The van der Waals surface area contributed by atoms with Crippen LogP contribution in [0.4, 0.5) is 0 Å². The lowest BCUT2D eigenvalue weighted by Crippen LogP contribution is -1.94. The van der Waals surface area contributed by atoms with Crippen molar-refractivity contribution in [2.75, 3.05) is 0 Å². The fraction of sp³-hybridized carbons (Fsp3) is 0.0667. The van der Waals surface area contributed by atoms with E-state index < -0.39 is 0 Å². The lowest BCUT2D eigenvalue weighted by molar-refractivity contribution is 0.436. The molecule has 1 aromatic heterocycles. The summed E-state index contributed by atoms with van der Waals surface area (Å²) in [6, 6.07) is 15.1. The number of phenols is 1. The first-order chi connectivity index (χ1) is 9.83. The number of aromatic amines is 1. The molecule has 1 heterocycles. The predicted octanol–water partition coefficient (Wildman–Crippen LogP) is 2.89. The monoisotopic (exact) mass is 267 g/mol. The van der Waals surface area contributed by atoms with Crippen LogP contribution in [0.1, 0.15) is 11.1 Å². The third-order valence-electron chi connectivity index (χ3n) is 2.94. The van der Waals surface area contributed by atoms with E-state index in [1.54, 1.807) is 24.4 Å². The minimum Gasteiger partial charge on any atom is -0.508 e. The Morgan fingerprint density at radius 3 is 2.65 bits per heavy atom. The molecule has 0 aliphatic heterocycles. The van der Waals surface area contributed by atoms with Crippen LogP contribution in [0.15, 0.2) is 54.7 Å². The van der Waals surface area contributed by atoms with Crippen molar-refractivity contribution in [2.24, 2.45) is 0 Å². The van der Waals surface area contributed by atoms with Crippen LogP contribution < -0.4 is 4.74 Å². The molecule has 0 amide bonds. The number of benzene rings is 2. The van der Waals surface area contributed by atoms with E-state index >= 15 is 0 Å². The van der Waals surface area contributed by atoms with Gasteiger partial charge in [0.15, 0.2) is 0 Å². The molecule has 100 valence electrons. The zero-order valence-electron chi connectivity index (χ0n) is 10.7. The van der Waals surface area contributed by atoms with Gasteiger partial charge in [0.25, 0.3) is 5.88 Å². The Labute approximate surface area is 115 Å². The fourth-order valence-electron chi connectivity index (χ4n) is 1.98. The molecule has 20 heavy (non-hydrogen) atoms. The van der Waals surface area contributed by atoms with Crippen molar-refractivity contribution in [3.63, 3.8) is 0 Å². The first kappa shape index (κ1) is 12.2. The van der Waals surface area contributed by atoms with Crippen molar-refractivity contribution < 1.29 is 9.84 Å². The third kappa shape index (κ3) is 2.61. The summed E-state index contributed by atoms with van der Waals surface area (Å²) in [5.74, 6) is 1.14. The Bertz CT molecular complexity index is 682. The molecular formula is C15H13N3O2. The van der Waals surface area contributed by atoms with Gasteiger partial charge in [0.2, 0.25) is 0 Å². The van der Waals surface area contributed by atoms with Gasteiger partial charge in [0, 0.05) is 12.0 Å². The van der Waals surface area contributed by atoms with E-state index in [4.69, 9.17) is 4.74 Å². The molecule has 0 aliphatic carbocycles. The number of hydrogen-bond donors (Lipinski definition) is 2. The van der Waals surface area contributed by atoms with Gasteiger partial charge in [0.05, 0.1) is 6.20 Å². The molecule has 2 N–H and O–H groups in total. The maximum absolute atomic E-state index is 10.1. The van der Waals surface area contributed by atoms with Gasteiger partial charge in [-0.15, -0.1) is 0 Å². The Morgan fingerprint density at radius 1 is 1.05 bits per heavy atom. The highest BCUT2D eigenvalue weighted by molar-refractivity contribution is 5.47. The molecule has 5 nitrogen and oxygen atoms in total. The molecule has 0 saturated heterocycles. The molecule has 0 spiro atoms. The lowest BCUT2D eigenvalue weighted by atomic mass is 10.0. The van der Waals surface area contributed by atoms with Crippen molar-refractivity contribution in [3.8, 4) is 17.4 Å². The van der Waals surface area contributed by atoms with Crippen LogP contribution in [0.2, 0.25) is 0 Å². The number of aromatic hydroxyl groups is 1. The van der Waals surface area contributed by atoms with Crippen LogP contribution in [0.3, 0.4) is 0 Å². The van der Waals surface area contributed by atoms with E-state index in [1.165, 1.54) is 0 Å². The fourth-order valence-corrected chi connectivity index (χ4v) is 1.98. The van der Waals surface area contributed by atoms with Crippen molar-refractivity contribution >= 4 is 0 Å². The first-order valence-corrected chi connectivity index (χ1v) is 6.22. The second-order valence-electron chi connectivity index (χ2n) is 4.33. The quantitative estimate of drug-likeness (QED) is 0.762. The summed E-state index contributed by atoms with van der Waals surface area (Å²) in [4.78, 5) is 0. The van der Waals surface area contributed by atoms with Crippen LogP contribution in [-0.2, 0) is 6.42 Å². The van der Waals surface area contributed by atoms with E-state index in [0.717, 1.165) is 11.1 Å². The number of nitrogens with one attached hydrogen (secondary N) is 1. The van der Waals surface area contributed by atoms with Gasteiger partial charge >= 0.3 is 0 Å². The van der Waals surface area contributed by atoms with Crippen LogP contribution >= 0.6 is 0 Å². The molecule has 0 unspecified atom stereocenters. The highest BCUT2D eigenvalue weighted by atomic mass is 16.5. The van der Waals surface area contributed by atoms with E-state index in [-0.39, 0.29) is 5.75 Å². The molecule has 0 bridgehead atoms. The van der Waals surface area contributed by atoms with Crippen molar-refractivity contribution in [1.82, 2.24) is 15.4 Å². The van der Waals surface area contributed by atoms with E-state index in [0.29, 0.717) is 18.1 Å². The lowest BCUT2D eigenvalue weighted by Gasteiger charge is -2.11. The van der Waals surface area contributed by atoms with Gasteiger partial charge in [-0.05, 0) is 17.7 Å². The first-order valence-electron chi connectivity index (χ1n) is 6.22. The van der Waals surface area contributed by atoms with E-state index in [2.05, 4.69) is 15.4 Å². The molecule has 3 rings (SSSR count). The SMILES string of the molecule is Oc1cccc(Oc2c[nH]nn2)c1Cc1ccccc1. The molecule has 3 aromatic rings. The summed E-state index contributed by atoms with van der Waals surface area (Å²) in [6.07, 6.45) is 2.14. The van der Waals surface area contributed by atoms with Gasteiger partial charge < -0.3 is 9.84 Å². The van der Waals surface area contributed by atoms with Crippen LogP contribution in [0.25, 0.3) is 0 Å². The van der Waals surface area contributed by atoms with Crippen molar-refractivity contribution in [1.29, 1.82) is 0 Å². The predicted molar refractivity (Wildman–Crippen MR) is 73.8 cm³/mol. The van der Waals surface area contributed by atoms with Gasteiger partial charge in [-0.3, -0.25) is 5.10 Å². The van der Waals surface area contributed by atoms with Crippen LogP contribution in [0.5, 0.6) is 17.4 Å². The van der Waals surface area contributed by atoms with E-state index in [9.17, 15) is 5.11 Å². The number of aromatic nitrogens is 3. The zero-order chi connectivity index (χ0) is 13.8. The second kappa shape index (κ2) is 5.44. The summed E-state index contributed by atoms with van der Waals surface area (Å²) in [5.41, 5.74) is 1.82. The number of H-pyrrole nitrogens is 1. The van der Waals surface area contributed by atoms with Gasteiger partial charge in [-0.2, -0.15) is 0 Å². The molecule has 0 radical (unpaired) electrons. The highest BCUT2D eigenvalue weighted by Crippen LogP contribution is 2.32. The van der Waals surface area contributed by atoms with Crippen molar-refractivity contribution in [3.05, 3.63) is 65.9 Å². The van der Waals surface area contributed by atoms with Gasteiger partial charge in [-0.25, -0.2) is 0 Å². The summed E-state index contributed by atoms with van der Waals surface area (Å²) < 4.78 is 5.64. The Hall–Kier alpha value is -2.82. The molecular weight excluding hydrogens is 254 g/mol. The minimum atomic E-state index is 0.204. The maximum Gasteiger partial charge on any atom is 0.258 e. The normalized spacial score (nSPS) is 10.4. The Balaban J connectivity index is 1.92. The molecule has 5 heteroatoms. The van der Waals surface area contributed by atoms with E-state index in [1.807, 2.05) is 30.3 Å². The summed E-state index contributed by atoms with van der Waals surface area (Å²) in [6.45, 7) is 0. The number of ether oxygens (including phenoxy) is 1. The largest absolute Gasteiger partial charge is 0.508 e. The number of phenolic OH excluding ortho intramolecular Hbond substituents is 1. The van der Waals surface area contributed by atoms with Gasteiger partial charge in [0.1, 0.15) is 11.5 Å². The zero-order valence-corrected chi connectivity index (χ0v) is 10.7. The summed E-state index contributed by atoms with van der Waals surface area (Å²) in [7, 11) is 0. The minimum absolute atomic E-state index is 0.204. The number of rotatable bonds is 4. The standard InChI is InChI=1S/C15H13N3O2/c19-13-7-4-8-14(20-15-10-16-18-17-15)12(13)9-11-5-2-1-3-6-11/h1-8,10,19H,9H2,(H,16,17,18). The summed E-state index contributed by atoms with van der Waals surface area (Å²) in [5, 5.41) is 20.0. The third-order valence-corrected chi connectivity index (χ3v) is 2.94. The van der Waals surface area contributed by atoms with Gasteiger partial charge in [-0.1, -0.05) is 46.7 Å². The number of hydrogen-bond acceptors (Lipinski definition) is 4. The molecule has 0 fully saturated rings. The maximum atomic E-state index is 10.1. The highest BCUT2D eigenvalue weighted by Gasteiger charge is 2.11.